The molecule has 3 aliphatic rings. The average molecular weight is 332 g/mol. The molecule has 2 aromatic carbocycles. The van der Waals surface area contributed by atoms with E-state index in [1.807, 2.05) is 47.4 Å². The van der Waals surface area contributed by atoms with Gasteiger partial charge in [0.2, 0.25) is 5.96 Å². The molecule has 0 saturated heterocycles. The molecule has 4 N–H and O–H groups in total. The molecule has 25 heavy (non-hydrogen) atoms. The van der Waals surface area contributed by atoms with Crippen LogP contribution in [0.15, 0.2) is 58.5 Å². The van der Waals surface area contributed by atoms with Gasteiger partial charge in [-0.3, -0.25) is 10.1 Å². The summed E-state index contributed by atoms with van der Waals surface area (Å²) >= 11 is 0. The molecule has 2 aromatic rings. The summed E-state index contributed by atoms with van der Waals surface area (Å²) in [5.41, 5.74) is 8.43. The lowest BCUT2D eigenvalue weighted by atomic mass is 10.0. The fourth-order valence-electron chi connectivity index (χ4n) is 3.66. The highest BCUT2D eigenvalue weighted by molar-refractivity contribution is 6.14. The number of nitrogens with zero attached hydrogens (tertiary/aromatic N) is 3. The van der Waals surface area contributed by atoms with Gasteiger partial charge in [0.05, 0.1) is 0 Å². The van der Waals surface area contributed by atoms with Crippen LogP contribution in [-0.2, 0) is 16.9 Å². The summed E-state index contributed by atoms with van der Waals surface area (Å²) in [6.45, 7) is 0.776. The number of nitrogens with two attached hydrogens (primary N) is 1. The van der Waals surface area contributed by atoms with Gasteiger partial charge in [-0.15, -0.1) is 0 Å². The summed E-state index contributed by atoms with van der Waals surface area (Å²) < 4.78 is 0. The van der Waals surface area contributed by atoms with E-state index in [-0.39, 0.29) is 11.9 Å². The Morgan fingerprint density at radius 2 is 1.84 bits per heavy atom. The van der Waals surface area contributed by atoms with Crippen LogP contribution in [0.2, 0.25) is 0 Å². The van der Waals surface area contributed by atoms with E-state index < -0.39 is 5.66 Å². The molecule has 7 nitrogen and oxygen atoms in total. The van der Waals surface area contributed by atoms with Gasteiger partial charge in [-0.25, -0.2) is 9.98 Å². The van der Waals surface area contributed by atoms with Crippen LogP contribution < -0.4 is 21.3 Å². The third-order valence-electron chi connectivity index (χ3n) is 4.80. The van der Waals surface area contributed by atoms with Crippen molar-refractivity contribution < 1.29 is 4.79 Å². The zero-order valence-corrected chi connectivity index (χ0v) is 13.4. The molecular formula is C18H16N6O. The second-order valence-corrected chi connectivity index (χ2v) is 6.26. The van der Waals surface area contributed by atoms with E-state index in [0.29, 0.717) is 5.96 Å². The minimum absolute atomic E-state index is 0.182. The zero-order chi connectivity index (χ0) is 17.0. The number of para-hydroxylation sites is 2. The minimum atomic E-state index is -1.36. The van der Waals surface area contributed by atoms with Gasteiger partial charge in [-0.2, -0.15) is 0 Å². The first-order chi connectivity index (χ1) is 12.2. The second kappa shape index (κ2) is 4.83. The molecule has 7 heteroatoms. The number of hydrogen-bond acceptors (Lipinski definition) is 6. The quantitative estimate of drug-likeness (QED) is 0.674. The molecule has 0 aromatic heterocycles. The number of amides is 1. The Morgan fingerprint density at radius 1 is 1.04 bits per heavy atom. The molecule has 0 fully saturated rings. The maximum atomic E-state index is 12.7. The predicted molar refractivity (Wildman–Crippen MR) is 96.4 cm³/mol. The lowest BCUT2D eigenvalue weighted by Gasteiger charge is -2.30. The van der Waals surface area contributed by atoms with E-state index in [9.17, 15) is 4.79 Å². The van der Waals surface area contributed by atoms with E-state index in [4.69, 9.17) is 10.7 Å². The molecule has 0 bridgehead atoms. The standard InChI is InChI=1S/C18H16N6O/c19-16-21-17(24-10-9-11-5-1-4-8-14(11)24)23-18(22-16)12-6-2-3-7-13(12)20-15(18)25/h1-8H,9-10H2,(H,20,25)(H3,19,21,22,23). The molecule has 3 aliphatic heterocycles. The summed E-state index contributed by atoms with van der Waals surface area (Å²) in [6.07, 6.45) is 0.920. The van der Waals surface area contributed by atoms with Gasteiger partial charge in [-0.05, 0) is 24.1 Å². The van der Waals surface area contributed by atoms with Crippen molar-refractivity contribution in [2.24, 2.45) is 15.7 Å². The summed E-state index contributed by atoms with van der Waals surface area (Å²) in [4.78, 5) is 23.9. The van der Waals surface area contributed by atoms with Crippen LogP contribution in [-0.4, -0.2) is 24.4 Å². The summed E-state index contributed by atoms with van der Waals surface area (Å²) in [5, 5.41) is 5.88. The van der Waals surface area contributed by atoms with Gasteiger partial charge < -0.3 is 16.0 Å². The molecule has 5 rings (SSSR count). The molecule has 0 saturated carbocycles. The van der Waals surface area contributed by atoms with Gasteiger partial charge in [0.15, 0.2) is 5.96 Å². The van der Waals surface area contributed by atoms with Crippen LogP contribution in [0.3, 0.4) is 0 Å². The SMILES string of the molecule is NC1=NC2(N=C(N3CCc4ccccc43)N1)C(=O)Nc1ccccc12. The molecule has 0 radical (unpaired) electrons. The third kappa shape index (κ3) is 1.89. The first-order valence-corrected chi connectivity index (χ1v) is 8.16. The zero-order valence-electron chi connectivity index (χ0n) is 13.4. The number of nitrogens with one attached hydrogen (secondary N) is 2. The van der Waals surface area contributed by atoms with Crippen LogP contribution in [0, 0.1) is 0 Å². The Bertz CT molecular complexity index is 966. The lowest BCUT2D eigenvalue weighted by molar-refractivity contribution is -0.120. The molecule has 1 spiro atoms. The summed E-state index contributed by atoms with van der Waals surface area (Å²) in [7, 11) is 0. The maximum Gasteiger partial charge on any atom is 0.280 e. The van der Waals surface area contributed by atoms with Crippen LogP contribution in [0.1, 0.15) is 11.1 Å². The molecule has 124 valence electrons. The van der Waals surface area contributed by atoms with Crippen molar-refractivity contribution in [3.05, 3.63) is 59.7 Å². The van der Waals surface area contributed by atoms with Gasteiger partial charge in [0, 0.05) is 23.5 Å². The Hall–Kier alpha value is -3.35. The van der Waals surface area contributed by atoms with E-state index in [2.05, 4.69) is 21.7 Å². The molecule has 1 unspecified atom stereocenters. The number of hydrogen-bond donors (Lipinski definition) is 3. The van der Waals surface area contributed by atoms with Crippen molar-refractivity contribution in [1.82, 2.24) is 5.32 Å². The predicted octanol–water partition coefficient (Wildman–Crippen LogP) is 1.13. The van der Waals surface area contributed by atoms with Crippen molar-refractivity contribution in [2.45, 2.75) is 12.1 Å². The van der Waals surface area contributed by atoms with E-state index >= 15 is 0 Å². The number of guanidine groups is 2. The van der Waals surface area contributed by atoms with E-state index in [1.165, 1.54) is 5.56 Å². The summed E-state index contributed by atoms with van der Waals surface area (Å²) in [6, 6.07) is 15.6. The Morgan fingerprint density at radius 3 is 2.76 bits per heavy atom. The molecule has 1 atom stereocenters. The number of carbonyl (C=O) groups is 1. The number of aliphatic imine (C=N–C) groups is 2. The highest BCUT2D eigenvalue weighted by Crippen LogP contribution is 2.41. The number of anilines is 2. The van der Waals surface area contributed by atoms with Crippen LogP contribution in [0.4, 0.5) is 11.4 Å². The number of carbonyl (C=O) groups excluding carboxylic acids is 1. The number of benzene rings is 2. The van der Waals surface area contributed by atoms with Crippen molar-refractivity contribution in [1.29, 1.82) is 0 Å². The largest absolute Gasteiger partial charge is 0.370 e. The third-order valence-corrected chi connectivity index (χ3v) is 4.80. The monoisotopic (exact) mass is 332 g/mol. The first-order valence-electron chi connectivity index (χ1n) is 8.16. The Balaban J connectivity index is 1.66. The minimum Gasteiger partial charge on any atom is -0.370 e. The van der Waals surface area contributed by atoms with Crippen LogP contribution in [0.25, 0.3) is 0 Å². The highest BCUT2D eigenvalue weighted by atomic mass is 16.2. The van der Waals surface area contributed by atoms with Gasteiger partial charge in [0.1, 0.15) is 0 Å². The molecule has 1 amide bonds. The van der Waals surface area contributed by atoms with Crippen LogP contribution in [0.5, 0.6) is 0 Å². The van der Waals surface area contributed by atoms with E-state index in [0.717, 1.165) is 29.9 Å². The molecule has 0 aliphatic carbocycles. The molecular weight excluding hydrogens is 316 g/mol. The normalized spacial score (nSPS) is 23.5. The fraction of sp³-hybridized carbons (Fsp3) is 0.167. The van der Waals surface area contributed by atoms with Gasteiger partial charge in [0.25, 0.3) is 11.6 Å². The first kappa shape index (κ1) is 14.0. The summed E-state index contributed by atoms with van der Waals surface area (Å²) in [5.74, 6) is 0.439. The van der Waals surface area contributed by atoms with Crippen molar-refractivity contribution in [3.63, 3.8) is 0 Å². The fourth-order valence-corrected chi connectivity index (χ4v) is 3.66. The average Bonchev–Trinajstić information content (AvgIpc) is 3.15. The number of rotatable bonds is 0. The smallest absolute Gasteiger partial charge is 0.280 e. The van der Waals surface area contributed by atoms with Crippen molar-refractivity contribution in [3.8, 4) is 0 Å². The lowest BCUT2D eigenvalue weighted by Crippen LogP contribution is -2.53. The van der Waals surface area contributed by atoms with Gasteiger partial charge in [-0.1, -0.05) is 36.4 Å². The van der Waals surface area contributed by atoms with E-state index in [1.54, 1.807) is 0 Å². The second-order valence-electron chi connectivity index (χ2n) is 6.26. The van der Waals surface area contributed by atoms with Gasteiger partial charge >= 0.3 is 0 Å². The molecule has 3 heterocycles. The Labute approximate surface area is 144 Å². The Kier molecular flexibility index (Phi) is 2.71. The highest BCUT2D eigenvalue weighted by Gasteiger charge is 2.50. The van der Waals surface area contributed by atoms with Crippen molar-refractivity contribution >= 4 is 29.2 Å². The topological polar surface area (TPSA) is 95.1 Å². The van der Waals surface area contributed by atoms with Crippen molar-refractivity contribution in [2.75, 3.05) is 16.8 Å². The maximum absolute atomic E-state index is 12.7. The number of fused-ring (bicyclic) bond motifs is 3. The van der Waals surface area contributed by atoms with Crippen LogP contribution >= 0.6 is 0 Å².